The summed E-state index contributed by atoms with van der Waals surface area (Å²) in [5.41, 5.74) is 3.19. The molecule has 4 aromatic rings. The third kappa shape index (κ3) is 5.22. The molecular weight excluding hydrogens is 465 g/mol. The molecule has 3 aromatic carbocycles. The van der Waals surface area contributed by atoms with Crippen molar-refractivity contribution in [3.05, 3.63) is 98.1 Å². The van der Waals surface area contributed by atoms with Crippen molar-refractivity contribution in [1.82, 2.24) is 4.68 Å². The van der Waals surface area contributed by atoms with Gasteiger partial charge in [0.2, 0.25) is 4.80 Å². The molecule has 0 aliphatic carbocycles. The van der Waals surface area contributed by atoms with Gasteiger partial charge in [-0.3, -0.25) is 4.99 Å². The molecular formula is C24H19Cl2N3O2S. The first-order valence-electron chi connectivity index (χ1n) is 9.78. The highest BCUT2D eigenvalue weighted by Crippen LogP contribution is 2.31. The van der Waals surface area contributed by atoms with E-state index < -0.39 is 0 Å². The predicted molar refractivity (Wildman–Crippen MR) is 131 cm³/mol. The highest BCUT2D eigenvalue weighted by atomic mass is 35.5. The summed E-state index contributed by atoms with van der Waals surface area (Å²) in [6.45, 7) is 0.596. The molecule has 0 fully saturated rings. The van der Waals surface area contributed by atoms with Crippen molar-refractivity contribution in [2.45, 2.75) is 6.42 Å². The second kappa shape index (κ2) is 10.0. The van der Waals surface area contributed by atoms with Crippen LogP contribution in [0.15, 0.2) is 82.2 Å². The Bertz CT molecular complexity index is 1330. The van der Waals surface area contributed by atoms with Gasteiger partial charge in [-0.2, -0.15) is 5.10 Å². The molecule has 5 nitrogen and oxygen atoms in total. The van der Waals surface area contributed by atoms with Crippen LogP contribution in [0.1, 0.15) is 11.1 Å². The van der Waals surface area contributed by atoms with Crippen molar-refractivity contribution in [1.29, 1.82) is 0 Å². The number of phenols is 2. The van der Waals surface area contributed by atoms with Gasteiger partial charge < -0.3 is 10.2 Å². The van der Waals surface area contributed by atoms with E-state index >= 15 is 0 Å². The first kappa shape index (κ1) is 22.1. The minimum absolute atomic E-state index is 0.0203. The maximum Gasteiger partial charge on any atom is 0.206 e. The number of thiazole rings is 1. The van der Waals surface area contributed by atoms with E-state index in [9.17, 15) is 10.2 Å². The maximum atomic E-state index is 10.1. The van der Waals surface area contributed by atoms with Crippen LogP contribution in [0.3, 0.4) is 0 Å². The molecule has 0 bridgehead atoms. The molecule has 0 atom stereocenters. The topological polar surface area (TPSA) is 70.1 Å². The van der Waals surface area contributed by atoms with Gasteiger partial charge in [0.15, 0.2) is 0 Å². The number of phenolic OH excluding ortho intramolecular Hbond substituents is 2. The number of halogens is 2. The second-order valence-corrected chi connectivity index (χ2v) is 8.62. The van der Waals surface area contributed by atoms with Crippen molar-refractivity contribution in [3.8, 4) is 22.8 Å². The normalized spacial score (nSPS) is 12.0. The molecule has 0 aliphatic rings. The largest absolute Gasteiger partial charge is 0.508 e. The lowest BCUT2D eigenvalue weighted by Gasteiger charge is -2.07. The Morgan fingerprint density at radius 2 is 1.78 bits per heavy atom. The van der Waals surface area contributed by atoms with Crippen LogP contribution in [-0.2, 0) is 6.42 Å². The molecule has 0 aliphatic heterocycles. The number of nitrogens with zero attached hydrogens (tertiary/aromatic N) is 3. The minimum Gasteiger partial charge on any atom is -0.508 e. The monoisotopic (exact) mass is 483 g/mol. The smallest absolute Gasteiger partial charge is 0.206 e. The number of hydrogen-bond acceptors (Lipinski definition) is 5. The Morgan fingerprint density at radius 3 is 2.53 bits per heavy atom. The summed E-state index contributed by atoms with van der Waals surface area (Å²) in [6.07, 6.45) is 2.32. The van der Waals surface area contributed by atoms with Crippen LogP contribution in [0.2, 0.25) is 10.0 Å². The molecule has 0 saturated heterocycles. The first-order chi connectivity index (χ1) is 15.5. The summed E-state index contributed by atoms with van der Waals surface area (Å²) in [5, 5.41) is 27.2. The fraction of sp³-hybridized carbons (Fsp3) is 0.0833. The summed E-state index contributed by atoms with van der Waals surface area (Å²) in [6, 6.07) is 19.8. The molecule has 4 rings (SSSR count). The van der Waals surface area contributed by atoms with Crippen molar-refractivity contribution in [2.24, 2.45) is 10.1 Å². The van der Waals surface area contributed by atoms with Gasteiger partial charge in [-0.05, 0) is 42.3 Å². The van der Waals surface area contributed by atoms with Crippen LogP contribution in [0, 0.1) is 0 Å². The van der Waals surface area contributed by atoms with E-state index in [1.807, 2.05) is 29.6 Å². The summed E-state index contributed by atoms with van der Waals surface area (Å²) < 4.78 is 1.69. The summed E-state index contributed by atoms with van der Waals surface area (Å²) in [4.78, 5) is 5.43. The fourth-order valence-electron chi connectivity index (χ4n) is 3.09. The Balaban J connectivity index is 1.73. The van der Waals surface area contributed by atoms with E-state index in [1.54, 1.807) is 22.9 Å². The van der Waals surface area contributed by atoms with E-state index in [2.05, 4.69) is 17.2 Å². The van der Waals surface area contributed by atoms with Crippen molar-refractivity contribution < 1.29 is 10.2 Å². The van der Waals surface area contributed by atoms with Gasteiger partial charge in [-0.15, -0.1) is 11.3 Å². The molecule has 2 N–H and O–H groups in total. The zero-order chi connectivity index (χ0) is 22.5. The Labute approximate surface area is 199 Å². The molecule has 162 valence electrons. The van der Waals surface area contributed by atoms with Crippen LogP contribution >= 0.6 is 34.5 Å². The van der Waals surface area contributed by atoms with Crippen LogP contribution in [0.4, 0.5) is 0 Å². The SMILES string of the molecule is Oc1ccc(C=Nn2c(-c3ccc(Cl)cc3Cl)csc2=NCCc2ccccc2)c(O)c1. The standard InChI is InChI=1S/C24H19Cl2N3O2S/c25-18-7-9-20(21(26)12-18)22-15-32-24(27-11-10-16-4-2-1-3-5-16)29(22)28-14-17-6-8-19(30)13-23(17)31/h1-9,12-15,30-31H,10-11H2. The van der Waals surface area contributed by atoms with E-state index in [-0.39, 0.29) is 11.5 Å². The Kier molecular flexibility index (Phi) is 6.95. The molecule has 32 heavy (non-hydrogen) atoms. The Hall–Kier alpha value is -3.06. The predicted octanol–water partition coefficient (Wildman–Crippen LogP) is 5.96. The number of aromatic nitrogens is 1. The zero-order valence-corrected chi connectivity index (χ0v) is 19.1. The van der Waals surface area contributed by atoms with E-state index in [4.69, 9.17) is 28.2 Å². The van der Waals surface area contributed by atoms with Gasteiger partial charge in [-0.25, -0.2) is 4.68 Å². The third-order valence-electron chi connectivity index (χ3n) is 4.71. The van der Waals surface area contributed by atoms with Crippen molar-refractivity contribution in [3.63, 3.8) is 0 Å². The van der Waals surface area contributed by atoms with Crippen molar-refractivity contribution >= 4 is 40.8 Å². The van der Waals surface area contributed by atoms with Crippen molar-refractivity contribution in [2.75, 3.05) is 6.54 Å². The second-order valence-electron chi connectivity index (χ2n) is 6.94. The number of rotatable bonds is 6. The van der Waals surface area contributed by atoms with Gasteiger partial charge in [0.1, 0.15) is 11.5 Å². The summed E-state index contributed by atoms with van der Waals surface area (Å²) >= 11 is 14.0. The highest BCUT2D eigenvalue weighted by Gasteiger charge is 2.12. The molecule has 0 unspecified atom stereocenters. The Morgan fingerprint density at radius 1 is 0.969 bits per heavy atom. The van der Waals surface area contributed by atoms with Gasteiger partial charge in [-0.1, -0.05) is 53.5 Å². The first-order valence-corrected chi connectivity index (χ1v) is 11.4. The fourth-order valence-corrected chi connectivity index (χ4v) is 4.45. The van der Waals surface area contributed by atoms with Gasteiger partial charge in [0, 0.05) is 34.1 Å². The van der Waals surface area contributed by atoms with Gasteiger partial charge >= 0.3 is 0 Å². The summed E-state index contributed by atoms with van der Waals surface area (Å²) in [7, 11) is 0. The van der Waals surface area contributed by atoms with Crippen LogP contribution in [0.5, 0.6) is 11.5 Å². The molecule has 0 amide bonds. The zero-order valence-electron chi connectivity index (χ0n) is 16.8. The molecule has 1 heterocycles. The minimum atomic E-state index is -0.0711. The summed E-state index contributed by atoms with van der Waals surface area (Å²) in [5.74, 6) is -0.0914. The number of hydrogen-bond donors (Lipinski definition) is 2. The van der Waals surface area contributed by atoms with Gasteiger partial charge in [0.05, 0.1) is 16.9 Å². The van der Waals surface area contributed by atoms with Gasteiger partial charge in [0.25, 0.3) is 0 Å². The molecule has 0 spiro atoms. The number of benzene rings is 3. The lowest BCUT2D eigenvalue weighted by Crippen LogP contribution is -2.13. The number of aromatic hydroxyl groups is 2. The van der Waals surface area contributed by atoms with Crippen LogP contribution in [-0.4, -0.2) is 27.6 Å². The van der Waals surface area contributed by atoms with Crippen LogP contribution < -0.4 is 4.80 Å². The maximum absolute atomic E-state index is 10.1. The molecule has 8 heteroatoms. The molecule has 1 aromatic heterocycles. The third-order valence-corrected chi connectivity index (χ3v) is 6.11. The lowest BCUT2D eigenvalue weighted by atomic mass is 10.2. The highest BCUT2D eigenvalue weighted by molar-refractivity contribution is 7.07. The molecule has 0 radical (unpaired) electrons. The average molecular weight is 484 g/mol. The lowest BCUT2D eigenvalue weighted by molar-refractivity contribution is 0.450. The van der Waals surface area contributed by atoms with E-state index in [1.165, 1.54) is 35.2 Å². The molecule has 0 saturated carbocycles. The van der Waals surface area contributed by atoms with Crippen LogP contribution in [0.25, 0.3) is 11.3 Å². The average Bonchev–Trinajstić information content (AvgIpc) is 3.16. The quantitative estimate of drug-likeness (QED) is 0.332. The van der Waals surface area contributed by atoms with E-state index in [0.29, 0.717) is 27.0 Å². The van der Waals surface area contributed by atoms with E-state index in [0.717, 1.165) is 17.7 Å².